The van der Waals surface area contributed by atoms with Crippen molar-refractivity contribution in [2.24, 2.45) is 5.92 Å². The van der Waals surface area contributed by atoms with Crippen LogP contribution < -0.4 is 0 Å². The summed E-state index contributed by atoms with van der Waals surface area (Å²) in [6.07, 6.45) is 0.820. The van der Waals surface area contributed by atoms with Gasteiger partial charge in [0.2, 0.25) is 5.89 Å². The lowest BCUT2D eigenvalue weighted by molar-refractivity contribution is 0.382. The number of rotatable bonds is 6. The summed E-state index contributed by atoms with van der Waals surface area (Å²) in [5.74, 6) is 2.23. The van der Waals surface area contributed by atoms with Crippen LogP contribution in [0.4, 0.5) is 4.39 Å². The van der Waals surface area contributed by atoms with Crippen molar-refractivity contribution in [3.63, 3.8) is 0 Å². The van der Waals surface area contributed by atoms with Crippen molar-refractivity contribution in [3.8, 4) is 11.3 Å². The molecule has 1 aromatic carbocycles. The third kappa shape index (κ3) is 4.39. The summed E-state index contributed by atoms with van der Waals surface area (Å²) in [6, 6.07) is 6.34. The number of hydrogen-bond donors (Lipinski definition) is 0. The van der Waals surface area contributed by atoms with Gasteiger partial charge in [0.05, 0.1) is 11.4 Å². The summed E-state index contributed by atoms with van der Waals surface area (Å²) in [5, 5.41) is 5.94. The second-order valence-electron chi connectivity index (χ2n) is 5.50. The van der Waals surface area contributed by atoms with Crippen molar-refractivity contribution < 1.29 is 8.91 Å². The Morgan fingerprint density at radius 1 is 1.22 bits per heavy atom. The van der Waals surface area contributed by atoms with E-state index in [-0.39, 0.29) is 5.82 Å². The summed E-state index contributed by atoms with van der Waals surface area (Å²) in [4.78, 5) is 8.93. The third-order valence-electron chi connectivity index (χ3n) is 3.04. The Morgan fingerprint density at radius 3 is 2.74 bits per heavy atom. The lowest BCUT2D eigenvalue weighted by Crippen LogP contribution is -1.96. The van der Waals surface area contributed by atoms with Crippen molar-refractivity contribution in [2.75, 3.05) is 0 Å². The topological polar surface area (TPSA) is 51.8 Å². The van der Waals surface area contributed by atoms with E-state index in [1.165, 1.54) is 12.1 Å². The lowest BCUT2D eigenvalue weighted by atomic mass is 10.1. The highest BCUT2D eigenvalue weighted by molar-refractivity contribution is 8.00. The summed E-state index contributed by atoms with van der Waals surface area (Å²) in [6.45, 7) is 4.24. The van der Waals surface area contributed by atoms with Gasteiger partial charge < -0.3 is 4.52 Å². The molecule has 0 N–H and O–H groups in total. The van der Waals surface area contributed by atoms with Crippen molar-refractivity contribution >= 4 is 23.1 Å². The number of aromatic nitrogens is 3. The van der Waals surface area contributed by atoms with Crippen LogP contribution in [0.5, 0.6) is 0 Å². The number of nitrogens with zero attached hydrogens (tertiary/aromatic N) is 3. The minimum Gasteiger partial charge on any atom is -0.338 e. The fourth-order valence-electron chi connectivity index (χ4n) is 2.00. The van der Waals surface area contributed by atoms with Gasteiger partial charge in [0.15, 0.2) is 10.2 Å². The molecule has 2 heterocycles. The second kappa shape index (κ2) is 7.23. The maximum absolute atomic E-state index is 13.0. The van der Waals surface area contributed by atoms with Crippen LogP contribution in [0, 0.1) is 11.7 Å². The zero-order valence-corrected chi connectivity index (χ0v) is 14.5. The molecule has 0 bridgehead atoms. The average Bonchev–Trinajstić information content (AvgIpc) is 3.14. The van der Waals surface area contributed by atoms with Crippen molar-refractivity contribution in [3.05, 3.63) is 47.2 Å². The number of halogens is 1. The highest BCUT2D eigenvalue weighted by atomic mass is 32.2. The molecular formula is C16H16FN3OS2. The number of thioether (sulfide) groups is 1. The molecule has 0 aliphatic rings. The van der Waals surface area contributed by atoms with Crippen LogP contribution in [0.2, 0.25) is 0 Å². The predicted molar refractivity (Wildman–Crippen MR) is 89.9 cm³/mol. The Balaban J connectivity index is 1.61. The average molecular weight is 349 g/mol. The molecule has 0 amide bonds. The largest absolute Gasteiger partial charge is 0.338 e. The van der Waals surface area contributed by atoms with E-state index >= 15 is 0 Å². The smallest absolute Gasteiger partial charge is 0.237 e. The van der Waals surface area contributed by atoms with Crippen LogP contribution in [-0.4, -0.2) is 15.1 Å². The minimum absolute atomic E-state index is 0.243. The van der Waals surface area contributed by atoms with Gasteiger partial charge in [-0.15, -0.1) is 11.3 Å². The molecule has 0 unspecified atom stereocenters. The van der Waals surface area contributed by atoms with E-state index in [2.05, 4.69) is 29.0 Å². The van der Waals surface area contributed by atoms with Gasteiger partial charge in [0.1, 0.15) is 5.82 Å². The molecule has 3 rings (SSSR count). The summed E-state index contributed by atoms with van der Waals surface area (Å²) >= 11 is 3.12. The van der Waals surface area contributed by atoms with E-state index in [0.717, 1.165) is 27.8 Å². The van der Waals surface area contributed by atoms with Crippen LogP contribution in [0.3, 0.4) is 0 Å². The Labute approximate surface area is 142 Å². The Kier molecular flexibility index (Phi) is 5.07. The molecule has 0 radical (unpaired) electrons. The SMILES string of the molecule is CC(C)Cc1noc(CSc2nc(-c3ccc(F)cc3)cs2)n1. The van der Waals surface area contributed by atoms with E-state index in [9.17, 15) is 4.39 Å². The van der Waals surface area contributed by atoms with Crippen LogP contribution >= 0.6 is 23.1 Å². The summed E-state index contributed by atoms with van der Waals surface area (Å²) in [5.41, 5.74) is 1.76. The quantitative estimate of drug-likeness (QED) is 0.597. The molecule has 0 saturated heterocycles. The molecule has 7 heteroatoms. The van der Waals surface area contributed by atoms with Crippen LogP contribution in [0.25, 0.3) is 11.3 Å². The van der Waals surface area contributed by atoms with Gasteiger partial charge in [-0.2, -0.15) is 4.98 Å². The molecule has 0 aliphatic carbocycles. The zero-order chi connectivity index (χ0) is 16.2. The maximum Gasteiger partial charge on any atom is 0.237 e. The van der Waals surface area contributed by atoms with Crippen LogP contribution in [0.15, 0.2) is 38.5 Å². The van der Waals surface area contributed by atoms with Crippen LogP contribution in [-0.2, 0) is 12.2 Å². The van der Waals surface area contributed by atoms with E-state index in [1.807, 2.05) is 5.38 Å². The van der Waals surface area contributed by atoms with Crippen molar-refractivity contribution in [1.29, 1.82) is 0 Å². The first kappa shape index (κ1) is 16.1. The van der Waals surface area contributed by atoms with E-state index in [1.54, 1.807) is 35.2 Å². The first-order valence-electron chi connectivity index (χ1n) is 7.26. The molecular weight excluding hydrogens is 333 g/mol. The van der Waals surface area contributed by atoms with Gasteiger partial charge in [-0.25, -0.2) is 9.37 Å². The molecule has 3 aromatic rings. The van der Waals surface area contributed by atoms with Gasteiger partial charge in [-0.1, -0.05) is 30.8 Å². The van der Waals surface area contributed by atoms with E-state index < -0.39 is 0 Å². The number of hydrogen-bond acceptors (Lipinski definition) is 6. The van der Waals surface area contributed by atoms with Crippen LogP contribution in [0.1, 0.15) is 25.6 Å². The van der Waals surface area contributed by atoms with E-state index in [0.29, 0.717) is 17.6 Å². The summed E-state index contributed by atoms with van der Waals surface area (Å²) in [7, 11) is 0. The third-order valence-corrected chi connectivity index (χ3v) is 5.05. The fraction of sp³-hybridized carbons (Fsp3) is 0.312. The highest BCUT2D eigenvalue weighted by Crippen LogP contribution is 2.30. The maximum atomic E-state index is 13.0. The van der Waals surface area contributed by atoms with Crippen molar-refractivity contribution in [1.82, 2.24) is 15.1 Å². The first-order chi connectivity index (χ1) is 11.1. The highest BCUT2D eigenvalue weighted by Gasteiger charge is 2.10. The molecule has 120 valence electrons. The molecule has 2 aromatic heterocycles. The monoisotopic (exact) mass is 349 g/mol. The molecule has 23 heavy (non-hydrogen) atoms. The Bertz CT molecular complexity index is 768. The molecule has 0 saturated carbocycles. The Morgan fingerprint density at radius 2 is 2.00 bits per heavy atom. The second-order valence-corrected chi connectivity index (χ2v) is 7.58. The summed E-state index contributed by atoms with van der Waals surface area (Å²) < 4.78 is 19.1. The van der Waals surface area contributed by atoms with E-state index in [4.69, 9.17) is 4.52 Å². The molecule has 4 nitrogen and oxygen atoms in total. The normalized spacial score (nSPS) is 11.3. The minimum atomic E-state index is -0.243. The Hall–Kier alpha value is -1.73. The first-order valence-corrected chi connectivity index (χ1v) is 9.12. The molecule has 0 fully saturated rings. The van der Waals surface area contributed by atoms with Gasteiger partial charge in [0, 0.05) is 17.4 Å². The number of benzene rings is 1. The van der Waals surface area contributed by atoms with Gasteiger partial charge in [-0.3, -0.25) is 0 Å². The predicted octanol–water partition coefficient (Wildman–Crippen LogP) is 4.82. The van der Waals surface area contributed by atoms with Gasteiger partial charge in [-0.05, 0) is 30.2 Å². The lowest BCUT2D eigenvalue weighted by Gasteiger charge is -1.96. The van der Waals surface area contributed by atoms with Gasteiger partial charge in [0.25, 0.3) is 0 Å². The van der Waals surface area contributed by atoms with Crippen molar-refractivity contribution in [2.45, 2.75) is 30.4 Å². The molecule has 0 atom stereocenters. The molecule has 0 spiro atoms. The van der Waals surface area contributed by atoms with Gasteiger partial charge >= 0.3 is 0 Å². The molecule has 0 aliphatic heterocycles. The number of thiazole rings is 1. The standard InChI is InChI=1S/C16H16FN3OS2/c1-10(2)7-14-19-15(21-20-14)9-23-16-18-13(8-22-16)11-3-5-12(17)6-4-11/h3-6,8,10H,7,9H2,1-2H3. The zero-order valence-electron chi connectivity index (χ0n) is 12.8. The fourth-order valence-corrected chi connectivity index (χ4v) is 3.67.